The van der Waals surface area contributed by atoms with Gasteiger partial charge in [-0.15, -0.1) is 11.3 Å². The lowest BCUT2D eigenvalue weighted by atomic mass is 10.1. The van der Waals surface area contributed by atoms with E-state index >= 15 is 0 Å². The molecule has 1 aromatic heterocycles. The van der Waals surface area contributed by atoms with Crippen molar-refractivity contribution in [2.24, 2.45) is 0 Å². The predicted molar refractivity (Wildman–Crippen MR) is 103 cm³/mol. The molecule has 0 spiro atoms. The van der Waals surface area contributed by atoms with Crippen molar-refractivity contribution in [2.75, 3.05) is 31.1 Å². The number of rotatable bonds is 4. The summed E-state index contributed by atoms with van der Waals surface area (Å²) in [6.07, 6.45) is 1.82. The maximum absolute atomic E-state index is 12.8. The van der Waals surface area contributed by atoms with Crippen LogP contribution in [0.15, 0.2) is 66.2 Å². The van der Waals surface area contributed by atoms with Gasteiger partial charge in [0.2, 0.25) is 0 Å². The maximum atomic E-state index is 12.8. The third kappa shape index (κ3) is 3.70. The molecule has 0 N–H and O–H groups in total. The van der Waals surface area contributed by atoms with E-state index in [1.807, 2.05) is 71.1 Å². The Kier molecular flexibility index (Phi) is 4.84. The van der Waals surface area contributed by atoms with Gasteiger partial charge in [-0.1, -0.05) is 24.3 Å². The third-order valence-electron chi connectivity index (χ3n) is 4.32. The van der Waals surface area contributed by atoms with E-state index < -0.39 is 0 Å². The fourth-order valence-electron chi connectivity index (χ4n) is 2.97. The summed E-state index contributed by atoms with van der Waals surface area (Å²) in [4.78, 5) is 21.3. The molecule has 132 valence electrons. The largest absolute Gasteiger partial charge is 0.457 e. The Morgan fingerprint density at radius 3 is 2.46 bits per heavy atom. The van der Waals surface area contributed by atoms with Gasteiger partial charge < -0.3 is 14.5 Å². The molecule has 3 aromatic rings. The number of hydrogen-bond donors (Lipinski definition) is 0. The highest BCUT2D eigenvalue weighted by Crippen LogP contribution is 2.23. The summed E-state index contributed by atoms with van der Waals surface area (Å²) in [5.74, 6) is 1.47. The van der Waals surface area contributed by atoms with Crippen molar-refractivity contribution in [3.8, 4) is 11.5 Å². The molecule has 1 saturated heterocycles. The Morgan fingerprint density at radius 1 is 0.962 bits per heavy atom. The second-order valence-electron chi connectivity index (χ2n) is 6.04. The molecule has 2 heterocycles. The number of piperazine rings is 1. The average Bonchev–Trinajstić information content (AvgIpc) is 3.23. The van der Waals surface area contributed by atoms with Gasteiger partial charge >= 0.3 is 0 Å². The van der Waals surface area contributed by atoms with Crippen LogP contribution in [0.1, 0.15) is 10.4 Å². The molecule has 0 radical (unpaired) electrons. The van der Waals surface area contributed by atoms with Crippen molar-refractivity contribution >= 4 is 22.4 Å². The van der Waals surface area contributed by atoms with Crippen LogP contribution in [0.5, 0.6) is 11.5 Å². The summed E-state index contributed by atoms with van der Waals surface area (Å²) < 4.78 is 5.84. The number of ether oxygens (including phenoxy) is 1. The molecular formula is C20H19N3O2S. The number of amides is 1. The van der Waals surface area contributed by atoms with E-state index in [1.54, 1.807) is 11.3 Å². The molecule has 6 heteroatoms. The monoisotopic (exact) mass is 365 g/mol. The number of anilines is 1. The van der Waals surface area contributed by atoms with Gasteiger partial charge in [0.25, 0.3) is 5.91 Å². The Bertz CT molecular complexity index is 860. The summed E-state index contributed by atoms with van der Waals surface area (Å²) in [6, 6.07) is 17.0. The molecular weight excluding hydrogens is 346 g/mol. The molecule has 1 fully saturated rings. The predicted octanol–water partition coefficient (Wildman–Crippen LogP) is 3.90. The minimum absolute atomic E-state index is 0.0438. The Balaban J connectivity index is 1.41. The van der Waals surface area contributed by atoms with Crippen LogP contribution in [0.2, 0.25) is 0 Å². The van der Waals surface area contributed by atoms with Gasteiger partial charge in [0.05, 0.1) is 0 Å². The van der Waals surface area contributed by atoms with Crippen molar-refractivity contribution in [1.82, 2.24) is 9.88 Å². The zero-order valence-corrected chi connectivity index (χ0v) is 15.1. The van der Waals surface area contributed by atoms with Crippen LogP contribution in [0.4, 0.5) is 5.13 Å². The second-order valence-corrected chi connectivity index (χ2v) is 6.91. The van der Waals surface area contributed by atoms with E-state index in [0.29, 0.717) is 24.4 Å². The van der Waals surface area contributed by atoms with E-state index in [-0.39, 0.29) is 5.91 Å². The number of benzene rings is 2. The Labute approximate surface area is 156 Å². The number of para-hydroxylation sites is 1. The Morgan fingerprint density at radius 2 is 1.73 bits per heavy atom. The number of aromatic nitrogens is 1. The van der Waals surface area contributed by atoms with Gasteiger partial charge in [0.15, 0.2) is 5.13 Å². The smallest absolute Gasteiger partial charge is 0.254 e. The molecule has 1 aliphatic heterocycles. The SMILES string of the molecule is O=C(c1cccc(Oc2ccccc2)c1)N1CCN(c2nccs2)CC1. The summed E-state index contributed by atoms with van der Waals surface area (Å²) >= 11 is 1.63. The van der Waals surface area contributed by atoms with Crippen LogP contribution in [0.3, 0.4) is 0 Å². The van der Waals surface area contributed by atoms with Crippen molar-refractivity contribution in [2.45, 2.75) is 0 Å². The van der Waals surface area contributed by atoms with Crippen molar-refractivity contribution in [3.63, 3.8) is 0 Å². The van der Waals surface area contributed by atoms with Crippen LogP contribution < -0.4 is 9.64 Å². The number of carbonyl (C=O) groups excluding carboxylic acids is 1. The van der Waals surface area contributed by atoms with Crippen LogP contribution in [0.25, 0.3) is 0 Å². The molecule has 0 bridgehead atoms. The highest BCUT2D eigenvalue weighted by atomic mass is 32.1. The zero-order valence-electron chi connectivity index (χ0n) is 14.2. The summed E-state index contributed by atoms with van der Waals surface area (Å²) in [6.45, 7) is 3.00. The number of hydrogen-bond acceptors (Lipinski definition) is 5. The van der Waals surface area contributed by atoms with E-state index in [2.05, 4.69) is 9.88 Å². The highest BCUT2D eigenvalue weighted by molar-refractivity contribution is 7.13. The van der Waals surface area contributed by atoms with Gasteiger partial charge in [0, 0.05) is 43.3 Å². The van der Waals surface area contributed by atoms with E-state index in [1.165, 1.54) is 0 Å². The molecule has 2 aromatic carbocycles. The molecule has 4 rings (SSSR count). The first-order valence-corrected chi connectivity index (χ1v) is 9.44. The normalized spacial score (nSPS) is 14.3. The van der Waals surface area contributed by atoms with Crippen LogP contribution in [0, 0.1) is 0 Å². The van der Waals surface area contributed by atoms with Crippen molar-refractivity contribution in [1.29, 1.82) is 0 Å². The van der Waals surface area contributed by atoms with E-state index in [0.717, 1.165) is 24.0 Å². The first-order valence-electron chi connectivity index (χ1n) is 8.56. The van der Waals surface area contributed by atoms with Gasteiger partial charge in [-0.05, 0) is 30.3 Å². The molecule has 5 nitrogen and oxygen atoms in total. The van der Waals surface area contributed by atoms with Crippen molar-refractivity contribution < 1.29 is 9.53 Å². The quantitative estimate of drug-likeness (QED) is 0.703. The van der Waals surface area contributed by atoms with Crippen LogP contribution in [-0.4, -0.2) is 42.0 Å². The summed E-state index contributed by atoms with van der Waals surface area (Å²) in [5, 5.41) is 3.00. The average molecular weight is 365 g/mol. The lowest BCUT2D eigenvalue weighted by Gasteiger charge is -2.34. The van der Waals surface area contributed by atoms with Gasteiger partial charge in [-0.2, -0.15) is 0 Å². The Hall–Kier alpha value is -2.86. The molecule has 1 amide bonds. The first-order chi connectivity index (χ1) is 12.8. The standard InChI is InChI=1S/C20H19N3O2S/c24-19(22-10-12-23(13-11-22)20-21-9-14-26-20)16-5-4-8-18(15-16)25-17-6-2-1-3-7-17/h1-9,14-15H,10-13H2. The highest BCUT2D eigenvalue weighted by Gasteiger charge is 2.23. The number of nitrogens with zero attached hydrogens (tertiary/aromatic N) is 3. The molecule has 0 saturated carbocycles. The first kappa shape index (κ1) is 16.6. The number of carbonyl (C=O) groups is 1. The molecule has 0 unspecified atom stereocenters. The van der Waals surface area contributed by atoms with Gasteiger partial charge in [-0.25, -0.2) is 4.98 Å². The summed E-state index contributed by atoms with van der Waals surface area (Å²) in [5.41, 5.74) is 0.654. The van der Waals surface area contributed by atoms with E-state index in [4.69, 9.17) is 4.74 Å². The molecule has 0 atom stereocenters. The third-order valence-corrected chi connectivity index (χ3v) is 5.15. The lowest BCUT2D eigenvalue weighted by Crippen LogP contribution is -2.48. The van der Waals surface area contributed by atoms with Gasteiger partial charge in [0.1, 0.15) is 11.5 Å². The lowest BCUT2D eigenvalue weighted by molar-refractivity contribution is 0.0746. The number of thiazole rings is 1. The minimum atomic E-state index is 0.0438. The zero-order chi connectivity index (χ0) is 17.8. The maximum Gasteiger partial charge on any atom is 0.254 e. The van der Waals surface area contributed by atoms with Gasteiger partial charge in [-0.3, -0.25) is 4.79 Å². The fourth-order valence-corrected chi connectivity index (χ4v) is 3.67. The van der Waals surface area contributed by atoms with E-state index in [9.17, 15) is 4.79 Å². The fraction of sp³-hybridized carbons (Fsp3) is 0.200. The van der Waals surface area contributed by atoms with Crippen LogP contribution in [-0.2, 0) is 0 Å². The van der Waals surface area contributed by atoms with Crippen LogP contribution >= 0.6 is 11.3 Å². The summed E-state index contributed by atoms with van der Waals surface area (Å²) in [7, 11) is 0. The second kappa shape index (κ2) is 7.58. The molecule has 0 aliphatic carbocycles. The van der Waals surface area contributed by atoms with Crippen molar-refractivity contribution in [3.05, 3.63) is 71.7 Å². The molecule has 26 heavy (non-hydrogen) atoms. The minimum Gasteiger partial charge on any atom is -0.457 e. The molecule has 1 aliphatic rings. The topological polar surface area (TPSA) is 45.7 Å².